The summed E-state index contributed by atoms with van der Waals surface area (Å²) in [6.45, 7) is 1.69. The molecule has 0 saturated carbocycles. The van der Waals surface area contributed by atoms with Gasteiger partial charge in [0, 0.05) is 17.7 Å². The van der Waals surface area contributed by atoms with Gasteiger partial charge in [0.25, 0.3) is 0 Å². The van der Waals surface area contributed by atoms with E-state index in [1.807, 2.05) is 36.4 Å². The van der Waals surface area contributed by atoms with E-state index in [-0.39, 0.29) is 18.5 Å². The molecule has 1 aromatic heterocycles. The number of thioether (sulfide) groups is 1. The fraction of sp³-hybridized carbons (Fsp3) is 0.273. The average Bonchev–Trinajstić information content (AvgIpc) is 3.11. The number of hydrogen-bond donors (Lipinski definition) is 1. The van der Waals surface area contributed by atoms with Gasteiger partial charge in [-0.05, 0) is 12.5 Å². The summed E-state index contributed by atoms with van der Waals surface area (Å²) in [7, 11) is 0. The maximum Gasteiger partial charge on any atom is 0.309 e. The van der Waals surface area contributed by atoms with Crippen LogP contribution in [-0.4, -0.2) is 33.5 Å². The maximum atomic E-state index is 11.7. The molecule has 2 atom stereocenters. The molecule has 1 fully saturated rings. The number of carbonyl (C=O) groups is 1. The second-order valence-electron chi connectivity index (χ2n) is 7.19. The minimum Gasteiger partial charge on any atom is -0.461 e. The van der Waals surface area contributed by atoms with Gasteiger partial charge in [-0.2, -0.15) is 0 Å². The van der Waals surface area contributed by atoms with Gasteiger partial charge in [-0.25, -0.2) is 4.98 Å². The number of aliphatic hydroxyl groups is 1. The van der Waals surface area contributed by atoms with Gasteiger partial charge in [0.1, 0.15) is 6.10 Å². The lowest BCUT2D eigenvalue weighted by molar-refractivity contribution is -0.165. The van der Waals surface area contributed by atoms with Gasteiger partial charge in [-0.3, -0.25) is 4.79 Å². The summed E-state index contributed by atoms with van der Waals surface area (Å²) < 4.78 is 6.34. The zero-order valence-corrected chi connectivity index (χ0v) is 17.1. The second kappa shape index (κ2) is 8.07. The SMILES string of the molecule is C[C@]1(O)CC(=O)O[C@@H](CSc2nc(-c3ccccc3)c(-c3ccccc3)s2)C1. The molecule has 28 heavy (non-hydrogen) atoms. The molecule has 4 nitrogen and oxygen atoms in total. The molecule has 0 radical (unpaired) electrons. The lowest BCUT2D eigenvalue weighted by atomic mass is 9.93. The third-order valence-corrected chi connectivity index (χ3v) is 6.95. The van der Waals surface area contributed by atoms with Crippen molar-refractivity contribution in [3.8, 4) is 21.7 Å². The fourth-order valence-electron chi connectivity index (χ4n) is 3.34. The first kappa shape index (κ1) is 19.2. The highest BCUT2D eigenvalue weighted by atomic mass is 32.2. The zero-order valence-electron chi connectivity index (χ0n) is 15.5. The van der Waals surface area contributed by atoms with Crippen LogP contribution < -0.4 is 0 Å². The fourth-order valence-corrected chi connectivity index (χ4v) is 5.52. The molecule has 3 aromatic rings. The van der Waals surface area contributed by atoms with Crippen LogP contribution in [0.3, 0.4) is 0 Å². The monoisotopic (exact) mass is 411 g/mol. The summed E-state index contributed by atoms with van der Waals surface area (Å²) in [6.07, 6.45) is 0.209. The van der Waals surface area contributed by atoms with Crippen molar-refractivity contribution < 1.29 is 14.6 Å². The van der Waals surface area contributed by atoms with E-state index in [1.54, 1.807) is 30.0 Å². The Morgan fingerprint density at radius 3 is 2.43 bits per heavy atom. The number of thiazole rings is 1. The Kier molecular flexibility index (Phi) is 5.53. The van der Waals surface area contributed by atoms with E-state index in [0.29, 0.717) is 12.2 Å². The number of rotatable bonds is 5. The van der Waals surface area contributed by atoms with Crippen LogP contribution in [0.1, 0.15) is 19.8 Å². The summed E-state index contributed by atoms with van der Waals surface area (Å²) in [6, 6.07) is 20.4. The van der Waals surface area contributed by atoms with Crippen LogP contribution in [-0.2, 0) is 9.53 Å². The van der Waals surface area contributed by atoms with Crippen molar-refractivity contribution in [2.24, 2.45) is 0 Å². The smallest absolute Gasteiger partial charge is 0.309 e. The molecule has 1 N–H and O–H groups in total. The van der Waals surface area contributed by atoms with Crippen molar-refractivity contribution in [3.63, 3.8) is 0 Å². The molecule has 144 valence electrons. The molecule has 1 aliphatic heterocycles. The lowest BCUT2D eigenvalue weighted by Gasteiger charge is -2.32. The maximum absolute atomic E-state index is 11.7. The number of carbonyl (C=O) groups excluding carboxylic acids is 1. The van der Waals surface area contributed by atoms with Crippen LogP contribution in [0.15, 0.2) is 65.0 Å². The molecule has 0 unspecified atom stereocenters. The minimum absolute atomic E-state index is 0.0573. The lowest BCUT2D eigenvalue weighted by Crippen LogP contribution is -2.41. The van der Waals surface area contributed by atoms with Gasteiger partial charge in [0.05, 0.1) is 22.6 Å². The Balaban J connectivity index is 1.58. The van der Waals surface area contributed by atoms with E-state index in [2.05, 4.69) is 24.3 Å². The van der Waals surface area contributed by atoms with Crippen LogP contribution in [0.5, 0.6) is 0 Å². The number of cyclic esters (lactones) is 1. The first-order chi connectivity index (χ1) is 13.5. The van der Waals surface area contributed by atoms with Crippen LogP contribution in [0, 0.1) is 0 Å². The van der Waals surface area contributed by atoms with Crippen LogP contribution in [0.25, 0.3) is 21.7 Å². The molecule has 1 saturated heterocycles. The zero-order chi connectivity index (χ0) is 19.6. The van der Waals surface area contributed by atoms with Crippen LogP contribution >= 0.6 is 23.1 Å². The molecule has 2 heterocycles. The number of benzene rings is 2. The molecule has 0 spiro atoms. The quantitative estimate of drug-likeness (QED) is 0.472. The molecule has 1 aliphatic rings. The largest absolute Gasteiger partial charge is 0.461 e. The Labute approximate surface area is 172 Å². The van der Waals surface area contributed by atoms with Gasteiger partial charge in [-0.1, -0.05) is 72.4 Å². The van der Waals surface area contributed by atoms with E-state index < -0.39 is 5.60 Å². The van der Waals surface area contributed by atoms with Crippen molar-refractivity contribution >= 4 is 29.1 Å². The standard InChI is InChI=1S/C22H21NO3S2/c1-22(25)12-17(26-18(24)13-22)14-27-21-23-19(15-8-4-2-5-9-15)20(28-21)16-10-6-3-7-11-16/h2-11,17,25H,12-14H2,1H3/t17-,22-/m1/s1. The van der Waals surface area contributed by atoms with Crippen molar-refractivity contribution in [2.45, 2.75) is 35.8 Å². The second-order valence-corrected chi connectivity index (χ2v) is 9.46. The van der Waals surface area contributed by atoms with Crippen molar-refractivity contribution in [1.82, 2.24) is 4.98 Å². The number of hydrogen-bond acceptors (Lipinski definition) is 6. The molecule has 0 bridgehead atoms. The highest BCUT2D eigenvalue weighted by Gasteiger charge is 2.36. The number of esters is 1. The van der Waals surface area contributed by atoms with Gasteiger partial charge < -0.3 is 9.84 Å². The summed E-state index contributed by atoms with van der Waals surface area (Å²) in [5.41, 5.74) is 2.19. The van der Waals surface area contributed by atoms with Crippen molar-refractivity contribution in [3.05, 3.63) is 60.7 Å². The number of nitrogens with zero attached hydrogens (tertiary/aromatic N) is 1. The van der Waals surface area contributed by atoms with Gasteiger partial charge >= 0.3 is 5.97 Å². The minimum atomic E-state index is -0.992. The van der Waals surface area contributed by atoms with Gasteiger partial charge in [0.2, 0.25) is 0 Å². The Bertz CT molecular complexity index is 897. The Hall–Kier alpha value is -2.15. The molecule has 4 rings (SSSR count). The third kappa shape index (κ3) is 4.46. The predicted octanol–water partition coefficient (Wildman–Crippen LogP) is 5.03. The third-order valence-electron chi connectivity index (χ3n) is 4.57. The molecule has 6 heteroatoms. The van der Waals surface area contributed by atoms with Crippen molar-refractivity contribution in [1.29, 1.82) is 0 Å². The highest BCUT2D eigenvalue weighted by molar-refractivity contribution is 8.01. The first-order valence-electron chi connectivity index (χ1n) is 9.16. The molecule has 0 amide bonds. The molecule has 0 aliphatic carbocycles. The predicted molar refractivity (Wildman–Crippen MR) is 113 cm³/mol. The van der Waals surface area contributed by atoms with Crippen LogP contribution in [0.2, 0.25) is 0 Å². The Morgan fingerprint density at radius 1 is 1.14 bits per heavy atom. The normalized spacial score (nSPS) is 22.1. The molecule has 2 aromatic carbocycles. The van der Waals surface area contributed by atoms with Crippen LogP contribution in [0.4, 0.5) is 0 Å². The highest BCUT2D eigenvalue weighted by Crippen LogP contribution is 2.41. The summed E-state index contributed by atoms with van der Waals surface area (Å²) in [5, 5.41) is 10.2. The van der Waals surface area contributed by atoms with Gasteiger partial charge in [-0.15, -0.1) is 11.3 Å². The first-order valence-corrected chi connectivity index (χ1v) is 11.0. The molecular formula is C22H21NO3S2. The van der Waals surface area contributed by atoms with E-state index in [4.69, 9.17) is 9.72 Å². The van der Waals surface area contributed by atoms with E-state index in [1.165, 1.54) is 0 Å². The van der Waals surface area contributed by atoms with Gasteiger partial charge in [0.15, 0.2) is 4.34 Å². The molecular weight excluding hydrogens is 390 g/mol. The summed E-state index contributed by atoms with van der Waals surface area (Å²) >= 11 is 3.22. The summed E-state index contributed by atoms with van der Waals surface area (Å²) in [4.78, 5) is 17.7. The van der Waals surface area contributed by atoms with E-state index in [9.17, 15) is 9.90 Å². The topological polar surface area (TPSA) is 59.4 Å². The van der Waals surface area contributed by atoms with E-state index in [0.717, 1.165) is 26.0 Å². The Morgan fingerprint density at radius 2 is 1.79 bits per heavy atom. The van der Waals surface area contributed by atoms with Crippen molar-refractivity contribution in [2.75, 3.05) is 5.75 Å². The average molecular weight is 412 g/mol. The number of ether oxygens (including phenoxy) is 1. The number of aromatic nitrogens is 1. The summed E-state index contributed by atoms with van der Waals surface area (Å²) in [5.74, 6) is 0.244. The van der Waals surface area contributed by atoms with E-state index >= 15 is 0 Å².